The van der Waals surface area contributed by atoms with Crippen LogP contribution in [0.15, 0.2) is 24.3 Å². The van der Waals surface area contributed by atoms with E-state index in [1.54, 1.807) is 0 Å². The summed E-state index contributed by atoms with van der Waals surface area (Å²) in [6.07, 6.45) is 2.93. The lowest BCUT2D eigenvalue weighted by atomic mass is 9.81. The van der Waals surface area contributed by atoms with E-state index in [9.17, 15) is 5.11 Å². The molecule has 1 aliphatic heterocycles. The van der Waals surface area contributed by atoms with E-state index < -0.39 is 0 Å². The van der Waals surface area contributed by atoms with Crippen molar-refractivity contribution in [2.45, 2.75) is 39.3 Å². The molecule has 2 N–H and O–H groups in total. The van der Waals surface area contributed by atoms with Gasteiger partial charge in [-0.05, 0) is 31.4 Å². The van der Waals surface area contributed by atoms with Crippen LogP contribution in [0, 0.1) is 5.41 Å². The molecule has 5 heteroatoms. The van der Waals surface area contributed by atoms with Gasteiger partial charge in [0.15, 0.2) is 0 Å². The molecular formula is C18H27N3O2. The van der Waals surface area contributed by atoms with E-state index in [0.717, 1.165) is 63.5 Å². The Bertz CT molecular complexity index is 632. The molecule has 0 bridgehead atoms. The van der Waals surface area contributed by atoms with Gasteiger partial charge in [-0.25, -0.2) is 4.98 Å². The van der Waals surface area contributed by atoms with Gasteiger partial charge >= 0.3 is 0 Å². The van der Waals surface area contributed by atoms with Gasteiger partial charge in [0.1, 0.15) is 5.82 Å². The van der Waals surface area contributed by atoms with Crippen molar-refractivity contribution in [1.82, 2.24) is 14.9 Å². The first kappa shape index (κ1) is 16.4. The first-order valence-electron chi connectivity index (χ1n) is 8.61. The van der Waals surface area contributed by atoms with Crippen molar-refractivity contribution in [2.75, 3.05) is 26.4 Å². The molecule has 1 aromatic carbocycles. The Hall–Kier alpha value is -1.43. The lowest BCUT2D eigenvalue weighted by molar-refractivity contribution is -0.0155. The molecule has 1 aliphatic rings. The van der Waals surface area contributed by atoms with Crippen LogP contribution in [0.25, 0.3) is 11.0 Å². The molecule has 1 saturated heterocycles. The van der Waals surface area contributed by atoms with Crippen LogP contribution < -0.4 is 5.32 Å². The van der Waals surface area contributed by atoms with Crippen LogP contribution >= 0.6 is 0 Å². The highest BCUT2D eigenvalue weighted by atomic mass is 16.5. The summed E-state index contributed by atoms with van der Waals surface area (Å²) in [5, 5.41) is 13.3. The molecule has 0 amide bonds. The molecule has 0 radical (unpaired) electrons. The minimum atomic E-state index is -0.0418. The van der Waals surface area contributed by atoms with E-state index in [1.807, 2.05) is 6.07 Å². The first-order chi connectivity index (χ1) is 11.3. The Morgan fingerprint density at radius 1 is 1.30 bits per heavy atom. The van der Waals surface area contributed by atoms with Crippen molar-refractivity contribution in [3.05, 3.63) is 30.1 Å². The summed E-state index contributed by atoms with van der Waals surface area (Å²) in [5.41, 5.74) is 2.22. The average molecular weight is 317 g/mol. The van der Waals surface area contributed by atoms with Crippen molar-refractivity contribution in [1.29, 1.82) is 0 Å². The Morgan fingerprint density at radius 2 is 2.09 bits per heavy atom. The lowest BCUT2D eigenvalue weighted by Crippen LogP contribution is -2.41. The molecular weight excluding hydrogens is 290 g/mol. The Kier molecular flexibility index (Phi) is 5.30. The van der Waals surface area contributed by atoms with Gasteiger partial charge in [0, 0.05) is 31.7 Å². The number of ether oxygens (including phenoxy) is 1. The molecule has 5 nitrogen and oxygen atoms in total. The Morgan fingerprint density at radius 3 is 2.83 bits per heavy atom. The first-order valence-corrected chi connectivity index (χ1v) is 8.61. The maximum absolute atomic E-state index is 9.78. The fourth-order valence-corrected chi connectivity index (χ4v) is 3.37. The maximum Gasteiger partial charge on any atom is 0.123 e. The number of benzene rings is 1. The number of rotatable bonds is 7. The molecule has 1 aromatic heterocycles. The molecule has 126 valence electrons. The van der Waals surface area contributed by atoms with Crippen molar-refractivity contribution < 1.29 is 9.84 Å². The Balaban J connectivity index is 1.70. The number of para-hydroxylation sites is 2. The number of imidazole rings is 1. The molecule has 0 atom stereocenters. The maximum atomic E-state index is 9.78. The normalized spacial score (nSPS) is 17.7. The van der Waals surface area contributed by atoms with Gasteiger partial charge in [-0.2, -0.15) is 0 Å². The van der Waals surface area contributed by atoms with Gasteiger partial charge < -0.3 is 19.7 Å². The van der Waals surface area contributed by atoms with Crippen molar-refractivity contribution in [3.8, 4) is 0 Å². The summed E-state index contributed by atoms with van der Waals surface area (Å²) in [6, 6.07) is 8.30. The fraction of sp³-hybridized carbons (Fsp3) is 0.611. The zero-order valence-corrected chi connectivity index (χ0v) is 13.9. The monoisotopic (exact) mass is 317 g/mol. The molecule has 1 fully saturated rings. The standard InChI is InChI=1S/C18H27N3O2/c1-2-9-21-16-6-4-3-5-15(16)20-17(21)12-19-13-18(14-22)7-10-23-11-8-18/h3-6,19,22H,2,7-14H2,1H3. The van der Waals surface area contributed by atoms with Crippen LogP contribution in [-0.4, -0.2) is 41.0 Å². The average Bonchev–Trinajstić information content (AvgIpc) is 2.94. The third kappa shape index (κ3) is 3.57. The quantitative estimate of drug-likeness (QED) is 0.823. The molecule has 0 aliphatic carbocycles. The van der Waals surface area contributed by atoms with Crippen LogP contribution in [0.4, 0.5) is 0 Å². The van der Waals surface area contributed by atoms with Gasteiger partial charge in [-0.15, -0.1) is 0 Å². The highest BCUT2D eigenvalue weighted by Gasteiger charge is 2.31. The molecule has 0 unspecified atom stereocenters. The summed E-state index contributed by atoms with van der Waals surface area (Å²) in [4.78, 5) is 4.78. The predicted octanol–water partition coefficient (Wildman–Crippen LogP) is 2.33. The fourth-order valence-electron chi connectivity index (χ4n) is 3.37. The van der Waals surface area contributed by atoms with Crippen LogP contribution in [0.1, 0.15) is 32.0 Å². The van der Waals surface area contributed by atoms with Gasteiger partial charge in [-0.3, -0.25) is 0 Å². The topological polar surface area (TPSA) is 59.3 Å². The smallest absolute Gasteiger partial charge is 0.123 e. The molecule has 3 rings (SSSR count). The zero-order chi connectivity index (χ0) is 16.1. The summed E-state index contributed by atoms with van der Waals surface area (Å²) in [7, 11) is 0. The van der Waals surface area contributed by atoms with Crippen LogP contribution in [0.2, 0.25) is 0 Å². The number of aromatic nitrogens is 2. The van der Waals surface area contributed by atoms with Crippen LogP contribution in [-0.2, 0) is 17.8 Å². The van der Waals surface area contributed by atoms with E-state index in [-0.39, 0.29) is 12.0 Å². The molecule has 0 spiro atoms. The third-order valence-electron chi connectivity index (χ3n) is 4.85. The summed E-state index contributed by atoms with van der Waals surface area (Å²) >= 11 is 0. The van der Waals surface area contributed by atoms with Gasteiger partial charge in [0.25, 0.3) is 0 Å². The van der Waals surface area contributed by atoms with Crippen LogP contribution in [0.5, 0.6) is 0 Å². The summed E-state index contributed by atoms with van der Waals surface area (Å²) < 4.78 is 7.73. The second-order valence-corrected chi connectivity index (χ2v) is 6.54. The van der Waals surface area contributed by atoms with E-state index in [2.05, 4.69) is 35.0 Å². The highest BCUT2D eigenvalue weighted by molar-refractivity contribution is 5.75. The summed E-state index contributed by atoms with van der Waals surface area (Å²) in [6.45, 7) is 6.42. The number of hydrogen-bond acceptors (Lipinski definition) is 4. The largest absolute Gasteiger partial charge is 0.396 e. The summed E-state index contributed by atoms with van der Waals surface area (Å²) in [5.74, 6) is 1.08. The van der Waals surface area contributed by atoms with Gasteiger partial charge in [0.2, 0.25) is 0 Å². The van der Waals surface area contributed by atoms with E-state index in [0.29, 0.717) is 0 Å². The van der Waals surface area contributed by atoms with E-state index >= 15 is 0 Å². The van der Waals surface area contributed by atoms with Crippen molar-refractivity contribution in [2.24, 2.45) is 5.41 Å². The number of aliphatic hydroxyl groups excluding tert-OH is 1. The molecule has 2 heterocycles. The zero-order valence-electron chi connectivity index (χ0n) is 13.9. The number of nitrogens with zero attached hydrogens (tertiary/aromatic N) is 2. The highest BCUT2D eigenvalue weighted by Crippen LogP contribution is 2.29. The minimum absolute atomic E-state index is 0.0418. The Labute approximate surface area is 137 Å². The van der Waals surface area contributed by atoms with Gasteiger partial charge in [0.05, 0.1) is 24.2 Å². The molecule has 23 heavy (non-hydrogen) atoms. The number of nitrogens with one attached hydrogen (secondary N) is 1. The van der Waals surface area contributed by atoms with Crippen molar-refractivity contribution in [3.63, 3.8) is 0 Å². The number of hydrogen-bond donors (Lipinski definition) is 2. The SMILES string of the molecule is CCCn1c(CNCC2(CO)CCOCC2)nc2ccccc21. The van der Waals surface area contributed by atoms with E-state index in [1.165, 1.54) is 5.52 Å². The lowest BCUT2D eigenvalue weighted by Gasteiger charge is -2.35. The third-order valence-corrected chi connectivity index (χ3v) is 4.85. The minimum Gasteiger partial charge on any atom is -0.396 e. The van der Waals surface area contributed by atoms with Gasteiger partial charge in [-0.1, -0.05) is 19.1 Å². The van der Waals surface area contributed by atoms with E-state index in [4.69, 9.17) is 9.72 Å². The number of aryl methyl sites for hydroxylation is 1. The number of aliphatic hydroxyl groups is 1. The van der Waals surface area contributed by atoms with Crippen LogP contribution in [0.3, 0.4) is 0 Å². The second-order valence-electron chi connectivity index (χ2n) is 6.54. The molecule has 0 saturated carbocycles. The second kappa shape index (κ2) is 7.43. The van der Waals surface area contributed by atoms with Crippen molar-refractivity contribution >= 4 is 11.0 Å². The predicted molar refractivity (Wildman–Crippen MR) is 91.3 cm³/mol. The molecule has 2 aromatic rings. The number of fused-ring (bicyclic) bond motifs is 1.